The van der Waals surface area contributed by atoms with Crippen molar-refractivity contribution in [1.82, 2.24) is 24.6 Å². The molecule has 7 heteroatoms. The van der Waals surface area contributed by atoms with Crippen molar-refractivity contribution in [2.75, 3.05) is 18.4 Å². The first-order valence-corrected chi connectivity index (χ1v) is 8.34. The van der Waals surface area contributed by atoms with Crippen LogP contribution in [0.5, 0.6) is 0 Å². The Bertz CT molecular complexity index is 767. The highest BCUT2D eigenvalue weighted by Gasteiger charge is 2.21. The van der Waals surface area contributed by atoms with Gasteiger partial charge in [0.05, 0.1) is 29.3 Å². The first-order chi connectivity index (χ1) is 11.5. The van der Waals surface area contributed by atoms with Crippen LogP contribution in [0.2, 0.25) is 0 Å². The van der Waals surface area contributed by atoms with Gasteiger partial charge < -0.3 is 5.32 Å². The maximum Gasteiger partial charge on any atom is 0.238 e. The molecular formula is C17H24N6O. The maximum atomic E-state index is 12.4. The molecule has 2 aromatic rings. The number of fused-ring (bicyclic) bond motifs is 1. The lowest BCUT2D eigenvalue weighted by Gasteiger charge is -2.27. The zero-order chi connectivity index (χ0) is 17.3. The summed E-state index contributed by atoms with van der Waals surface area (Å²) in [4.78, 5) is 23.5. The van der Waals surface area contributed by atoms with Gasteiger partial charge >= 0.3 is 0 Å². The van der Waals surface area contributed by atoms with Gasteiger partial charge in [-0.05, 0) is 25.8 Å². The summed E-state index contributed by atoms with van der Waals surface area (Å²) in [6, 6.07) is 0. The molecule has 128 valence electrons. The Morgan fingerprint density at radius 1 is 1.38 bits per heavy atom. The Morgan fingerprint density at radius 2 is 2.17 bits per heavy atom. The number of hydrogen-bond donors (Lipinski definition) is 1. The first-order valence-electron chi connectivity index (χ1n) is 8.34. The minimum absolute atomic E-state index is 0.0116. The fourth-order valence-corrected chi connectivity index (χ4v) is 3.04. The van der Waals surface area contributed by atoms with Crippen LogP contribution in [0.4, 0.5) is 5.69 Å². The molecule has 1 aliphatic rings. The van der Waals surface area contributed by atoms with Crippen LogP contribution in [0.25, 0.3) is 0 Å². The molecule has 7 nitrogen and oxygen atoms in total. The van der Waals surface area contributed by atoms with Gasteiger partial charge in [-0.1, -0.05) is 6.92 Å². The summed E-state index contributed by atoms with van der Waals surface area (Å²) in [5.41, 5.74) is 4.87. The molecule has 0 radical (unpaired) electrons. The van der Waals surface area contributed by atoms with Gasteiger partial charge in [-0.2, -0.15) is 5.10 Å². The van der Waals surface area contributed by atoms with Gasteiger partial charge in [0.25, 0.3) is 0 Å². The first kappa shape index (κ1) is 16.6. The molecule has 2 aromatic heterocycles. The molecule has 24 heavy (non-hydrogen) atoms. The van der Waals surface area contributed by atoms with Gasteiger partial charge in [0, 0.05) is 32.8 Å². The van der Waals surface area contributed by atoms with E-state index in [9.17, 15) is 4.79 Å². The number of nitrogens with zero attached hydrogens (tertiary/aromatic N) is 5. The second kappa shape index (κ2) is 6.68. The molecule has 3 rings (SSSR count). The summed E-state index contributed by atoms with van der Waals surface area (Å²) in [5, 5.41) is 7.33. The quantitative estimate of drug-likeness (QED) is 0.918. The number of nitrogens with one attached hydrogen (secondary N) is 1. The minimum Gasteiger partial charge on any atom is -0.322 e. The van der Waals surface area contributed by atoms with Crippen molar-refractivity contribution in [2.24, 2.45) is 7.05 Å². The summed E-state index contributed by atoms with van der Waals surface area (Å²) in [6.45, 7) is 7.81. The average molecular weight is 328 g/mol. The summed E-state index contributed by atoms with van der Waals surface area (Å²) >= 11 is 0. The lowest BCUT2D eigenvalue weighted by Crippen LogP contribution is -2.37. The van der Waals surface area contributed by atoms with Crippen LogP contribution in [0.3, 0.4) is 0 Å². The van der Waals surface area contributed by atoms with Gasteiger partial charge in [0.1, 0.15) is 5.82 Å². The third-order valence-electron chi connectivity index (χ3n) is 4.53. The second-order valence-corrected chi connectivity index (χ2v) is 6.29. The van der Waals surface area contributed by atoms with Crippen molar-refractivity contribution in [3.8, 4) is 0 Å². The molecule has 0 spiro atoms. The summed E-state index contributed by atoms with van der Waals surface area (Å²) < 4.78 is 1.78. The number of hydrogen-bond acceptors (Lipinski definition) is 5. The van der Waals surface area contributed by atoms with Gasteiger partial charge in [-0.25, -0.2) is 9.97 Å². The van der Waals surface area contributed by atoms with Crippen molar-refractivity contribution in [3.63, 3.8) is 0 Å². The monoisotopic (exact) mass is 328 g/mol. The summed E-state index contributed by atoms with van der Waals surface area (Å²) in [7, 11) is 1.88. The molecule has 0 unspecified atom stereocenters. The predicted octanol–water partition coefficient (Wildman–Crippen LogP) is 1.39. The zero-order valence-corrected chi connectivity index (χ0v) is 14.8. The smallest absolute Gasteiger partial charge is 0.238 e. The molecule has 0 saturated heterocycles. The van der Waals surface area contributed by atoms with Gasteiger partial charge in [0.2, 0.25) is 5.91 Å². The molecule has 1 N–H and O–H groups in total. The molecule has 0 aliphatic carbocycles. The van der Waals surface area contributed by atoms with Crippen molar-refractivity contribution in [2.45, 2.75) is 40.2 Å². The van der Waals surface area contributed by atoms with E-state index >= 15 is 0 Å². The maximum absolute atomic E-state index is 12.4. The highest BCUT2D eigenvalue weighted by Crippen LogP contribution is 2.19. The summed E-state index contributed by atoms with van der Waals surface area (Å²) in [5.74, 6) is 0.851. The lowest BCUT2D eigenvalue weighted by molar-refractivity contribution is -0.117. The molecule has 0 aromatic carbocycles. The van der Waals surface area contributed by atoms with Crippen LogP contribution >= 0.6 is 0 Å². The van der Waals surface area contributed by atoms with Crippen molar-refractivity contribution in [1.29, 1.82) is 0 Å². The number of amides is 1. The molecule has 1 aliphatic heterocycles. The van der Waals surface area contributed by atoms with E-state index in [0.717, 1.165) is 48.0 Å². The Hall–Kier alpha value is -2.28. The van der Waals surface area contributed by atoms with Gasteiger partial charge in [-0.15, -0.1) is 0 Å². The third kappa shape index (κ3) is 3.31. The Kier molecular flexibility index (Phi) is 4.62. The largest absolute Gasteiger partial charge is 0.322 e. The highest BCUT2D eigenvalue weighted by molar-refractivity contribution is 5.93. The highest BCUT2D eigenvalue weighted by atomic mass is 16.2. The Morgan fingerprint density at radius 3 is 2.83 bits per heavy atom. The van der Waals surface area contributed by atoms with Crippen molar-refractivity contribution < 1.29 is 4.79 Å². The van der Waals surface area contributed by atoms with Crippen LogP contribution < -0.4 is 5.32 Å². The van der Waals surface area contributed by atoms with E-state index in [-0.39, 0.29) is 5.91 Å². The number of carbonyl (C=O) groups is 1. The van der Waals surface area contributed by atoms with Crippen molar-refractivity contribution >= 4 is 11.6 Å². The predicted molar refractivity (Wildman–Crippen MR) is 91.7 cm³/mol. The van der Waals surface area contributed by atoms with Gasteiger partial charge in [-0.3, -0.25) is 14.4 Å². The number of rotatable bonds is 4. The molecule has 1 amide bonds. The van der Waals surface area contributed by atoms with E-state index < -0.39 is 0 Å². The SMILES string of the molecule is CCc1ncc2c(n1)CN(CC(=O)Nc1c(C)nn(C)c1C)CC2. The van der Waals surface area contributed by atoms with Crippen LogP contribution in [0.15, 0.2) is 6.20 Å². The van der Waals surface area contributed by atoms with E-state index in [0.29, 0.717) is 13.1 Å². The minimum atomic E-state index is -0.0116. The number of aromatic nitrogens is 4. The van der Waals surface area contributed by atoms with Crippen LogP contribution in [-0.2, 0) is 31.2 Å². The second-order valence-electron chi connectivity index (χ2n) is 6.29. The van der Waals surface area contributed by atoms with Crippen molar-refractivity contribution in [3.05, 3.63) is 34.7 Å². The molecule has 0 saturated carbocycles. The van der Waals surface area contributed by atoms with Crippen LogP contribution in [0.1, 0.15) is 35.4 Å². The standard InChI is InChI=1S/C17H24N6O/c1-5-15-18-8-13-6-7-23(9-14(13)19-15)10-16(24)20-17-11(2)21-22(4)12(17)3/h8H,5-7,9-10H2,1-4H3,(H,20,24). The number of carbonyl (C=O) groups excluding carboxylic acids is 1. The lowest BCUT2D eigenvalue weighted by atomic mass is 10.1. The third-order valence-corrected chi connectivity index (χ3v) is 4.53. The number of anilines is 1. The van der Waals surface area contributed by atoms with Crippen LogP contribution in [0, 0.1) is 13.8 Å². The molecule has 0 atom stereocenters. The Balaban J connectivity index is 1.65. The number of aryl methyl sites for hydroxylation is 3. The molecule has 0 bridgehead atoms. The molecule has 3 heterocycles. The zero-order valence-electron chi connectivity index (χ0n) is 14.8. The van der Waals surface area contributed by atoms with E-state index in [1.165, 1.54) is 5.56 Å². The topological polar surface area (TPSA) is 75.9 Å². The van der Waals surface area contributed by atoms with Gasteiger partial charge in [0.15, 0.2) is 0 Å². The fraction of sp³-hybridized carbons (Fsp3) is 0.529. The summed E-state index contributed by atoms with van der Waals surface area (Å²) in [6.07, 6.45) is 3.64. The van der Waals surface area contributed by atoms with E-state index in [2.05, 4.69) is 25.3 Å². The average Bonchev–Trinajstić information content (AvgIpc) is 2.80. The normalized spacial score (nSPS) is 14.5. The van der Waals surface area contributed by atoms with E-state index in [4.69, 9.17) is 0 Å². The Labute approximate surface area is 142 Å². The van der Waals surface area contributed by atoms with Crippen LogP contribution in [-0.4, -0.2) is 43.6 Å². The molecular weight excluding hydrogens is 304 g/mol. The fourth-order valence-electron chi connectivity index (χ4n) is 3.04. The molecule has 0 fully saturated rings. The van der Waals surface area contributed by atoms with E-state index in [1.807, 2.05) is 34.0 Å². The van der Waals surface area contributed by atoms with E-state index in [1.54, 1.807) is 4.68 Å².